The van der Waals surface area contributed by atoms with E-state index in [1.165, 1.54) is 26.2 Å². The average molecular weight is 416 g/mol. The Hall–Kier alpha value is -2.66. The van der Waals surface area contributed by atoms with E-state index in [1.807, 2.05) is 4.72 Å². The normalized spacial score (nSPS) is 11.7. The van der Waals surface area contributed by atoms with E-state index < -0.39 is 37.3 Å². The third-order valence-corrected chi connectivity index (χ3v) is 5.88. The molecule has 2 N–H and O–H groups in total. The number of carbonyl (C=O) groups is 1. The number of methoxy groups -OCH3 is 1. The highest BCUT2D eigenvalue weighted by atomic mass is 32.2. The fourth-order valence-corrected chi connectivity index (χ4v) is 4.08. The first-order valence-electron chi connectivity index (χ1n) is 7.42. The van der Waals surface area contributed by atoms with E-state index in [2.05, 4.69) is 5.32 Å². The molecule has 0 saturated carbocycles. The van der Waals surface area contributed by atoms with E-state index in [-0.39, 0.29) is 21.2 Å². The molecule has 0 aliphatic rings. The zero-order valence-corrected chi connectivity index (χ0v) is 16.2. The second kappa shape index (κ2) is 7.53. The maximum Gasteiger partial charge on any atom is 0.265 e. The number of carbonyl (C=O) groups excluding carboxylic acids is 1. The lowest BCUT2D eigenvalue weighted by Crippen LogP contribution is -2.16. The summed E-state index contributed by atoms with van der Waals surface area (Å²) in [5, 5.41) is 2.43. The third kappa shape index (κ3) is 4.95. The van der Waals surface area contributed by atoms with Gasteiger partial charge in [-0.05, 0) is 36.4 Å². The standard InChI is InChI=1S/C16H17FN2O6S2/c1-10(20)18-11-4-7-15(25-2)16(8-11)27(23,24)19-14-9-12(26(3,21)22)5-6-13(14)17/h4-9,19H,1-3H3,(H,18,20). The molecule has 0 fully saturated rings. The number of rotatable bonds is 6. The van der Waals surface area contributed by atoms with Gasteiger partial charge >= 0.3 is 0 Å². The molecule has 0 atom stereocenters. The quantitative estimate of drug-likeness (QED) is 0.696. The van der Waals surface area contributed by atoms with Gasteiger partial charge in [0.2, 0.25) is 5.91 Å². The molecule has 2 aromatic rings. The highest BCUT2D eigenvalue weighted by Crippen LogP contribution is 2.30. The van der Waals surface area contributed by atoms with E-state index in [1.54, 1.807) is 0 Å². The number of benzene rings is 2. The van der Waals surface area contributed by atoms with E-state index >= 15 is 0 Å². The van der Waals surface area contributed by atoms with Crippen LogP contribution < -0.4 is 14.8 Å². The summed E-state index contributed by atoms with van der Waals surface area (Å²) in [5.74, 6) is -1.41. The van der Waals surface area contributed by atoms with Crippen molar-refractivity contribution in [2.24, 2.45) is 0 Å². The molecule has 27 heavy (non-hydrogen) atoms. The molecule has 0 aliphatic carbocycles. The zero-order valence-electron chi connectivity index (χ0n) is 14.6. The van der Waals surface area contributed by atoms with Gasteiger partial charge in [-0.15, -0.1) is 0 Å². The highest BCUT2D eigenvalue weighted by Gasteiger charge is 2.23. The van der Waals surface area contributed by atoms with Gasteiger partial charge in [0.25, 0.3) is 10.0 Å². The summed E-state index contributed by atoms with van der Waals surface area (Å²) in [6.45, 7) is 1.25. The van der Waals surface area contributed by atoms with Crippen molar-refractivity contribution in [3.05, 3.63) is 42.2 Å². The second-order valence-corrected chi connectivity index (χ2v) is 9.23. The van der Waals surface area contributed by atoms with Crippen molar-refractivity contribution >= 4 is 37.1 Å². The minimum absolute atomic E-state index is 0.0451. The Balaban J connectivity index is 2.52. The number of sulfone groups is 1. The van der Waals surface area contributed by atoms with Gasteiger partial charge in [0.15, 0.2) is 9.84 Å². The van der Waals surface area contributed by atoms with Crippen molar-refractivity contribution < 1.29 is 30.8 Å². The van der Waals surface area contributed by atoms with Crippen LogP contribution in [0.3, 0.4) is 0 Å². The number of hydrogen-bond acceptors (Lipinski definition) is 6. The number of amides is 1. The van der Waals surface area contributed by atoms with Crippen molar-refractivity contribution in [2.75, 3.05) is 23.4 Å². The Labute approximate surface area is 156 Å². The molecule has 11 heteroatoms. The Bertz CT molecular complexity index is 1100. The van der Waals surface area contributed by atoms with Gasteiger partial charge in [-0.1, -0.05) is 0 Å². The Morgan fingerprint density at radius 2 is 1.74 bits per heavy atom. The Kier molecular flexibility index (Phi) is 5.76. The summed E-state index contributed by atoms with van der Waals surface area (Å²) in [4.78, 5) is 10.6. The predicted octanol–water partition coefficient (Wildman–Crippen LogP) is 2.00. The van der Waals surface area contributed by atoms with Crippen LogP contribution in [0.25, 0.3) is 0 Å². The molecule has 0 saturated heterocycles. The molecule has 0 aromatic heterocycles. The van der Waals surface area contributed by atoms with Gasteiger partial charge in [0.05, 0.1) is 17.7 Å². The molecule has 1 amide bonds. The number of halogens is 1. The summed E-state index contributed by atoms with van der Waals surface area (Å²) >= 11 is 0. The van der Waals surface area contributed by atoms with Crippen LogP contribution in [-0.4, -0.2) is 36.1 Å². The smallest absolute Gasteiger partial charge is 0.265 e. The summed E-state index contributed by atoms with van der Waals surface area (Å²) in [6, 6.07) is 6.65. The maximum absolute atomic E-state index is 14.0. The van der Waals surface area contributed by atoms with Crippen LogP contribution in [0.5, 0.6) is 5.75 Å². The Morgan fingerprint density at radius 1 is 1.07 bits per heavy atom. The molecule has 8 nitrogen and oxygen atoms in total. The van der Waals surface area contributed by atoms with Crippen molar-refractivity contribution in [1.29, 1.82) is 0 Å². The van der Waals surface area contributed by atoms with Gasteiger partial charge < -0.3 is 10.1 Å². The van der Waals surface area contributed by atoms with Gasteiger partial charge in [-0.2, -0.15) is 0 Å². The number of ether oxygens (including phenoxy) is 1. The van der Waals surface area contributed by atoms with Gasteiger partial charge in [0.1, 0.15) is 16.5 Å². The number of anilines is 2. The largest absolute Gasteiger partial charge is 0.495 e. The van der Waals surface area contributed by atoms with Crippen LogP contribution >= 0.6 is 0 Å². The van der Waals surface area contributed by atoms with Crippen LogP contribution in [-0.2, 0) is 24.7 Å². The summed E-state index contributed by atoms with van der Waals surface area (Å²) in [6.07, 6.45) is 0.915. The first kappa shape index (κ1) is 20.6. The molecule has 2 rings (SSSR count). The predicted molar refractivity (Wildman–Crippen MR) is 97.6 cm³/mol. The van der Waals surface area contributed by atoms with Crippen molar-refractivity contribution in [3.8, 4) is 5.75 Å². The first-order valence-corrected chi connectivity index (χ1v) is 10.8. The third-order valence-electron chi connectivity index (χ3n) is 3.38. The van der Waals surface area contributed by atoms with Crippen molar-refractivity contribution in [3.63, 3.8) is 0 Å². The lowest BCUT2D eigenvalue weighted by atomic mass is 10.3. The lowest BCUT2D eigenvalue weighted by Gasteiger charge is -2.14. The van der Waals surface area contributed by atoms with E-state index in [4.69, 9.17) is 4.74 Å². The zero-order chi connectivity index (χ0) is 20.4. The summed E-state index contributed by atoms with van der Waals surface area (Å²) in [7, 11) is -6.78. The summed E-state index contributed by atoms with van der Waals surface area (Å²) in [5.41, 5.74) is -0.348. The van der Waals surface area contributed by atoms with E-state index in [0.717, 1.165) is 30.5 Å². The average Bonchev–Trinajstić information content (AvgIpc) is 2.55. The fourth-order valence-electron chi connectivity index (χ4n) is 2.18. The molecule has 0 unspecified atom stereocenters. The highest BCUT2D eigenvalue weighted by molar-refractivity contribution is 7.93. The fraction of sp³-hybridized carbons (Fsp3) is 0.188. The van der Waals surface area contributed by atoms with E-state index in [0.29, 0.717) is 0 Å². The lowest BCUT2D eigenvalue weighted by molar-refractivity contribution is -0.114. The first-order chi connectivity index (χ1) is 12.4. The number of nitrogens with one attached hydrogen (secondary N) is 2. The van der Waals surface area contributed by atoms with Crippen LogP contribution in [0, 0.1) is 5.82 Å². The minimum Gasteiger partial charge on any atom is -0.495 e. The molecule has 0 bridgehead atoms. The topological polar surface area (TPSA) is 119 Å². The summed E-state index contributed by atoms with van der Waals surface area (Å²) < 4.78 is 69.7. The molecular formula is C16H17FN2O6S2. The molecule has 2 aromatic carbocycles. The van der Waals surface area contributed by atoms with Crippen LogP contribution in [0.15, 0.2) is 46.2 Å². The molecule has 0 heterocycles. The van der Waals surface area contributed by atoms with Crippen LogP contribution in [0.2, 0.25) is 0 Å². The maximum atomic E-state index is 14.0. The molecule has 0 aliphatic heterocycles. The molecule has 0 spiro atoms. The molecule has 0 radical (unpaired) electrons. The number of hydrogen-bond donors (Lipinski definition) is 2. The van der Waals surface area contributed by atoms with Gasteiger partial charge in [-0.3, -0.25) is 9.52 Å². The molecular weight excluding hydrogens is 399 g/mol. The van der Waals surface area contributed by atoms with Gasteiger partial charge in [0, 0.05) is 18.9 Å². The van der Waals surface area contributed by atoms with E-state index in [9.17, 15) is 26.0 Å². The number of sulfonamides is 1. The second-order valence-electron chi connectivity index (χ2n) is 5.57. The van der Waals surface area contributed by atoms with Gasteiger partial charge in [-0.25, -0.2) is 21.2 Å². The van der Waals surface area contributed by atoms with Crippen LogP contribution in [0.4, 0.5) is 15.8 Å². The minimum atomic E-state index is -4.36. The van der Waals surface area contributed by atoms with Crippen LogP contribution in [0.1, 0.15) is 6.92 Å². The van der Waals surface area contributed by atoms with Crippen molar-refractivity contribution in [1.82, 2.24) is 0 Å². The molecule has 146 valence electrons. The monoisotopic (exact) mass is 416 g/mol. The van der Waals surface area contributed by atoms with Crippen molar-refractivity contribution in [2.45, 2.75) is 16.7 Å². The SMILES string of the molecule is COc1ccc(NC(C)=O)cc1S(=O)(=O)Nc1cc(S(C)(=O)=O)ccc1F. The Morgan fingerprint density at radius 3 is 2.30 bits per heavy atom.